The van der Waals surface area contributed by atoms with Gasteiger partial charge in [-0.25, -0.2) is 0 Å². The standard InChI is InChI=1S/C14H17NO/c1-10-3-2-4-11(13(10)16)9-15-12-5-6-14(12)7-8-14/h2-4,9,12,16H,5-8H2,1H3. The van der Waals surface area contributed by atoms with Gasteiger partial charge in [-0.05, 0) is 49.7 Å². The molecule has 16 heavy (non-hydrogen) atoms. The van der Waals surface area contributed by atoms with Gasteiger partial charge in [0.1, 0.15) is 5.75 Å². The second-order valence-corrected chi connectivity index (χ2v) is 5.21. The van der Waals surface area contributed by atoms with Gasteiger partial charge in [0.05, 0.1) is 6.04 Å². The molecule has 1 atom stereocenters. The predicted octanol–water partition coefficient (Wildman–Crippen LogP) is 3.06. The summed E-state index contributed by atoms with van der Waals surface area (Å²) in [5, 5.41) is 9.86. The number of hydrogen-bond acceptors (Lipinski definition) is 2. The second-order valence-electron chi connectivity index (χ2n) is 5.21. The van der Waals surface area contributed by atoms with Crippen molar-refractivity contribution in [1.82, 2.24) is 0 Å². The summed E-state index contributed by atoms with van der Waals surface area (Å²) in [6.45, 7) is 1.92. The van der Waals surface area contributed by atoms with Gasteiger partial charge in [0.25, 0.3) is 0 Å². The summed E-state index contributed by atoms with van der Waals surface area (Å²) in [7, 11) is 0. The first-order valence-corrected chi connectivity index (χ1v) is 6.03. The highest BCUT2D eigenvalue weighted by atomic mass is 16.3. The van der Waals surface area contributed by atoms with Crippen LogP contribution in [-0.2, 0) is 0 Å². The van der Waals surface area contributed by atoms with Gasteiger partial charge < -0.3 is 5.11 Å². The Labute approximate surface area is 96.0 Å². The van der Waals surface area contributed by atoms with Crippen molar-refractivity contribution < 1.29 is 5.11 Å². The number of phenolic OH excluding ortho intramolecular Hbond substituents is 1. The van der Waals surface area contributed by atoms with Crippen molar-refractivity contribution in [3.63, 3.8) is 0 Å². The van der Waals surface area contributed by atoms with Crippen LogP contribution in [0.3, 0.4) is 0 Å². The van der Waals surface area contributed by atoms with Gasteiger partial charge in [-0.2, -0.15) is 0 Å². The molecule has 1 unspecified atom stereocenters. The molecule has 3 rings (SSSR count). The third-order valence-corrected chi connectivity index (χ3v) is 4.18. The highest BCUT2D eigenvalue weighted by molar-refractivity contribution is 5.84. The van der Waals surface area contributed by atoms with Crippen molar-refractivity contribution in [3.05, 3.63) is 29.3 Å². The van der Waals surface area contributed by atoms with Crippen LogP contribution in [0.25, 0.3) is 0 Å². The van der Waals surface area contributed by atoms with Crippen molar-refractivity contribution in [2.75, 3.05) is 0 Å². The number of rotatable bonds is 2. The van der Waals surface area contributed by atoms with Crippen molar-refractivity contribution in [3.8, 4) is 5.75 Å². The summed E-state index contributed by atoms with van der Waals surface area (Å²) in [6, 6.07) is 6.32. The molecule has 1 N–H and O–H groups in total. The normalized spacial score (nSPS) is 25.9. The van der Waals surface area contributed by atoms with Crippen LogP contribution in [0.2, 0.25) is 0 Å². The summed E-state index contributed by atoms with van der Waals surface area (Å²) in [5.74, 6) is 0.371. The Balaban J connectivity index is 1.78. The molecule has 1 spiro atoms. The zero-order valence-electron chi connectivity index (χ0n) is 9.61. The summed E-state index contributed by atoms with van der Waals surface area (Å²) in [4.78, 5) is 4.63. The summed E-state index contributed by atoms with van der Waals surface area (Å²) in [6.07, 6.45) is 7.15. The quantitative estimate of drug-likeness (QED) is 0.755. The van der Waals surface area contributed by atoms with Crippen LogP contribution in [0, 0.1) is 12.3 Å². The van der Waals surface area contributed by atoms with E-state index in [0.29, 0.717) is 17.2 Å². The van der Waals surface area contributed by atoms with Crippen molar-refractivity contribution in [1.29, 1.82) is 0 Å². The van der Waals surface area contributed by atoms with E-state index in [4.69, 9.17) is 0 Å². The first-order chi connectivity index (χ1) is 7.71. The molecule has 0 radical (unpaired) electrons. The predicted molar refractivity (Wildman–Crippen MR) is 65.1 cm³/mol. The van der Waals surface area contributed by atoms with Gasteiger partial charge in [0.2, 0.25) is 0 Å². The van der Waals surface area contributed by atoms with Crippen LogP contribution in [0.4, 0.5) is 0 Å². The van der Waals surface area contributed by atoms with Crippen LogP contribution in [-0.4, -0.2) is 17.4 Å². The van der Waals surface area contributed by atoms with Crippen molar-refractivity contribution >= 4 is 6.21 Å². The highest BCUT2D eigenvalue weighted by Gasteiger charge is 2.55. The van der Waals surface area contributed by atoms with Gasteiger partial charge in [-0.1, -0.05) is 12.1 Å². The average molecular weight is 215 g/mol. The van der Waals surface area contributed by atoms with E-state index in [9.17, 15) is 5.11 Å². The van der Waals surface area contributed by atoms with Gasteiger partial charge in [0, 0.05) is 11.8 Å². The molecule has 2 aliphatic rings. The maximum Gasteiger partial charge on any atom is 0.127 e. The molecular formula is C14H17NO. The van der Waals surface area contributed by atoms with E-state index in [1.807, 2.05) is 31.3 Å². The van der Waals surface area contributed by atoms with Crippen LogP contribution < -0.4 is 0 Å². The molecule has 0 aliphatic heterocycles. The molecule has 2 nitrogen and oxygen atoms in total. The lowest BCUT2D eigenvalue weighted by Gasteiger charge is -2.33. The molecule has 2 saturated carbocycles. The minimum absolute atomic E-state index is 0.371. The van der Waals surface area contributed by atoms with Crippen LogP contribution in [0.1, 0.15) is 36.8 Å². The SMILES string of the molecule is Cc1cccc(C=NC2CCC23CC3)c1O. The van der Waals surface area contributed by atoms with Crippen LogP contribution >= 0.6 is 0 Å². The Morgan fingerprint density at radius 2 is 2.19 bits per heavy atom. The van der Waals surface area contributed by atoms with E-state index in [1.165, 1.54) is 25.7 Å². The van der Waals surface area contributed by atoms with Crippen molar-refractivity contribution in [2.45, 2.75) is 38.6 Å². The van der Waals surface area contributed by atoms with E-state index in [1.54, 1.807) is 0 Å². The Hall–Kier alpha value is -1.31. The van der Waals surface area contributed by atoms with E-state index in [2.05, 4.69) is 4.99 Å². The first kappa shape index (κ1) is 9.88. The minimum atomic E-state index is 0.371. The second kappa shape index (κ2) is 3.34. The number of benzene rings is 1. The maximum atomic E-state index is 9.86. The summed E-state index contributed by atoms with van der Waals surface area (Å²) >= 11 is 0. The molecule has 1 aromatic rings. The topological polar surface area (TPSA) is 32.6 Å². The molecular weight excluding hydrogens is 198 g/mol. The van der Waals surface area contributed by atoms with Crippen LogP contribution in [0.5, 0.6) is 5.75 Å². The fourth-order valence-electron chi connectivity index (χ4n) is 2.61. The number of nitrogens with zero attached hydrogens (tertiary/aromatic N) is 1. The monoisotopic (exact) mass is 215 g/mol. The zero-order valence-corrected chi connectivity index (χ0v) is 9.61. The van der Waals surface area contributed by atoms with Crippen LogP contribution in [0.15, 0.2) is 23.2 Å². The largest absolute Gasteiger partial charge is 0.507 e. The molecule has 2 heteroatoms. The number of aryl methyl sites for hydroxylation is 1. The van der Waals surface area contributed by atoms with E-state index in [-0.39, 0.29) is 0 Å². The van der Waals surface area contributed by atoms with Gasteiger partial charge >= 0.3 is 0 Å². The minimum Gasteiger partial charge on any atom is -0.507 e. The van der Waals surface area contributed by atoms with E-state index in [0.717, 1.165) is 11.1 Å². The molecule has 2 fully saturated rings. The molecule has 0 heterocycles. The Bertz CT molecular complexity index is 446. The molecule has 2 aliphatic carbocycles. The molecule has 1 aromatic carbocycles. The van der Waals surface area contributed by atoms with Crippen molar-refractivity contribution in [2.24, 2.45) is 10.4 Å². The van der Waals surface area contributed by atoms with E-state index >= 15 is 0 Å². The first-order valence-electron chi connectivity index (χ1n) is 6.03. The molecule has 0 saturated heterocycles. The lowest BCUT2D eigenvalue weighted by Crippen LogP contribution is -2.31. The molecule has 0 amide bonds. The Morgan fingerprint density at radius 3 is 2.81 bits per heavy atom. The van der Waals surface area contributed by atoms with E-state index < -0.39 is 0 Å². The lowest BCUT2D eigenvalue weighted by molar-refractivity contribution is 0.233. The molecule has 84 valence electrons. The summed E-state index contributed by atoms with van der Waals surface area (Å²) < 4.78 is 0. The summed E-state index contributed by atoms with van der Waals surface area (Å²) in [5.41, 5.74) is 2.34. The third kappa shape index (κ3) is 1.44. The maximum absolute atomic E-state index is 9.86. The van der Waals surface area contributed by atoms with Gasteiger partial charge in [-0.15, -0.1) is 0 Å². The number of aliphatic imine (C=N–C) groups is 1. The number of hydrogen-bond donors (Lipinski definition) is 1. The molecule has 0 aromatic heterocycles. The molecule has 0 bridgehead atoms. The van der Waals surface area contributed by atoms with Gasteiger partial charge in [-0.3, -0.25) is 4.99 Å². The Kier molecular flexibility index (Phi) is 2.06. The average Bonchev–Trinajstić information content (AvgIpc) is 3.05. The number of phenols is 1. The Morgan fingerprint density at radius 1 is 1.38 bits per heavy atom. The number of aromatic hydroxyl groups is 1. The zero-order chi connectivity index (χ0) is 11.2. The highest BCUT2D eigenvalue weighted by Crippen LogP contribution is 2.61. The fraction of sp³-hybridized carbons (Fsp3) is 0.500. The number of para-hydroxylation sites is 1. The lowest BCUT2D eigenvalue weighted by atomic mass is 9.76. The third-order valence-electron chi connectivity index (χ3n) is 4.18. The van der Waals surface area contributed by atoms with Gasteiger partial charge in [0.15, 0.2) is 0 Å². The fourth-order valence-corrected chi connectivity index (χ4v) is 2.61. The smallest absolute Gasteiger partial charge is 0.127 e.